The number of benzene rings is 1. The predicted molar refractivity (Wildman–Crippen MR) is 89.0 cm³/mol. The Labute approximate surface area is 136 Å². The minimum atomic E-state index is -0.583. The number of carbonyl (C=O) groups is 2. The molecule has 0 saturated heterocycles. The lowest BCUT2D eigenvalue weighted by atomic mass is 10.0. The summed E-state index contributed by atoms with van der Waals surface area (Å²) in [6.45, 7) is 6.33. The summed E-state index contributed by atoms with van der Waals surface area (Å²) in [6.07, 6.45) is -0.560. The third-order valence-corrected chi connectivity index (χ3v) is 3.92. The molecule has 22 heavy (non-hydrogen) atoms. The number of nitrogens with one attached hydrogen (secondary N) is 2. The van der Waals surface area contributed by atoms with E-state index in [0.29, 0.717) is 6.54 Å². The second-order valence-corrected chi connectivity index (χ2v) is 6.21. The van der Waals surface area contributed by atoms with Crippen LogP contribution in [0.25, 0.3) is 0 Å². The molecule has 0 spiro atoms. The molecule has 1 atom stereocenters. The monoisotopic (exact) mass is 324 g/mol. The van der Waals surface area contributed by atoms with E-state index in [1.54, 1.807) is 18.7 Å². The van der Waals surface area contributed by atoms with Crippen LogP contribution in [0.5, 0.6) is 0 Å². The van der Waals surface area contributed by atoms with Crippen LogP contribution in [0.15, 0.2) is 35.2 Å². The van der Waals surface area contributed by atoms with Crippen LogP contribution in [0.3, 0.4) is 0 Å². The number of amides is 2. The third kappa shape index (κ3) is 6.85. The van der Waals surface area contributed by atoms with E-state index >= 15 is 0 Å². The zero-order chi connectivity index (χ0) is 16.4. The maximum atomic E-state index is 12.1. The Morgan fingerprint density at radius 3 is 2.50 bits per heavy atom. The maximum Gasteiger partial charge on any atom is 0.407 e. The van der Waals surface area contributed by atoms with Gasteiger partial charge in [0.15, 0.2) is 0 Å². The summed E-state index contributed by atoms with van der Waals surface area (Å²) < 4.78 is 4.82. The zero-order valence-corrected chi connectivity index (χ0v) is 14.1. The largest absolute Gasteiger partial charge is 0.450 e. The number of hydrogen-bond donors (Lipinski definition) is 2. The second kappa shape index (κ2) is 10.1. The van der Waals surface area contributed by atoms with Gasteiger partial charge in [-0.25, -0.2) is 4.79 Å². The van der Waals surface area contributed by atoms with E-state index < -0.39 is 12.1 Å². The highest BCUT2D eigenvalue weighted by Gasteiger charge is 2.24. The Balaban J connectivity index is 2.35. The smallest absolute Gasteiger partial charge is 0.407 e. The van der Waals surface area contributed by atoms with E-state index in [9.17, 15) is 9.59 Å². The molecule has 0 aliphatic carbocycles. The molecule has 0 fully saturated rings. The molecule has 122 valence electrons. The van der Waals surface area contributed by atoms with Crippen LogP contribution < -0.4 is 10.6 Å². The van der Waals surface area contributed by atoms with Crippen LogP contribution in [0, 0.1) is 5.92 Å². The molecule has 0 radical (unpaired) electrons. The summed E-state index contributed by atoms with van der Waals surface area (Å²) in [4.78, 5) is 24.8. The lowest BCUT2D eigenvalue weighted by Crippen LogP contribution is -2.50. The van der Waals surface area contributed by atoms with Crippen molar-refractivity contribution in [2.75, 3.05) is 18.9 Å². The average molecular weight is 324 g/mol. The minimum absolute atomic E-state index is 0.00816. The summed E-state index contributed by atoms with van der Waals surface area (Å²) in [5.41, 5.74) is 0. The molecule has 0 bridgehead atoms. The van der Waals surface area contributed by atoms with Crippen molar-refractivity contribution in [2.45, 2.75) is 31.7 Å². The predicted octanol–water partition coefficient (Wildman–Crippen LogP) is 2.67. The fourth-order valence-electron chi connectivity index (χ4n) is 1.80. The molecule has 0 saturated carbocycles. The highest BCUT2D eigenvalue weighted by Crippen LogP contribution is 2.15. The number of rotatable bonds is 8. The van der Waals surface area contributed by atoms with Gasteiger partial charge in [0.1, 0.15) is 6.04 Å². The van der Waals surface area contributed by atoms with Gasteiger partial charge >= 0.3 is 6.09 Å². The number of carbonyl (C=O) groups excluding carboxylic acids is 2. The highest BCUT2D eigenvalue weighted by molar-refractivity contribution is 7.99. The second-order valence-electron chi connectivity index (χ2n) is 5.04. The third-order valence-electron chi connectivity index (χ3n) is 2.91. The maximum absolute atomic E-state index is 12.1. The number of hydrogen-bond acceptors (Lipinski definition) is 4. The van der Waals surface area contributed by atoms with E-state index in [4.69, 9.17) is 4.74 Å². The van der Waals surface area contributed by atoms with Crippen LogP contribution in [-0.4, -0.2) is 36.9 Å². The van der Waals surface area contributed by atoms with Crippen molar-refractivity contribution in [3.8, 4) is 0 Å². The van der Waals surface area contributed by atoms with Gasteiger partial charge in [0.25, 0.3) is 0 Å². The molecule has 2 amide bonds. The summed E-state index contributed by atoms with van der Waals surface area (Å²) in [7, 11) is 0. The van der Waals surface area contributed by atoms with E-state index in [-0.39, 0.29) is 18.4 Å². The van der Waals surface area contributed by atoms with Crippen molar-refractivity contribution in [1.29, 1.82) is 0 Å². The Hall–Kier alpha value is -1.69. The first-order valence-corrected chi connectivity index (χ1v) is 8.42. The van der Waals surface area contributed by atoms with Gasteiger partial charge in [0.2, 0.25) is 5.91 Å². The quantitative estimate of drug-likeness (QED) is 0.570. The van der Waals surface area contributed by atoms with E-state index in [1.165, 1.54) is 4.90 Å². The Morgan fingerprint density at radius 1 is 1.23 bits per heavy atom. The molecule has 0 aliphatic rings. The molecule has 0 aromatic heterocycles. The van der Waals surface area contributed by atoms with Crippen LogP contribution >= 0.6 is 11.8 Å². The summed E-state index contributed by atoms with van der Waals surface area (Å²) in [6, 6.07) is 9.43. The van der Waals surface area contributed by atoms with Crippen molar-refractivity contribution >= 4 is 23.8 Å². The fourth-order valence-corrected chi connectivity index (χ4v) is 2.59. The van der Waals surface area contributed by atoms with Crippen molar-refractivity contribution < 1.29 is 14.3 Å². The first kappa shape index (κ1) is 18.4. The molecule has 1 aromatic carbocycles. The fraction of sp³-hybridized carbons (Fsp3) is 0.500. The normalized spacial score (nSPS) is 11.8. The molecule has 6 heteroatoms. The van der Waals surface area contributed by atoms with Gasteiger partial charge in [0.05, 0.1) is 6.61 Å². The molecule has 0 unspecified atom stereocenters. The highest BCUT2D eigenvalue weighted by atomic mass is 32.2. The van der Waals surface area contributed by atoms with Crippen LogP contribution in [-0.2, 0) is 9.53 Å². The van der Waals surface area contributed by atoms with Gasteiger partial charge < -0.3 is 15.4 Å². The van der Waals surface area contributed by atoms with Gasteiger partial charge in [-0.05, 0) is 25.0 Å². The summed E-state index contributed by atoms with van der Waals surface area (Å²) >= 11 is 1.68. The Bertz CT molecular complexity index is 466. The van der Waals surface area contributed by atoms with Crippen molar-refractivity contribution in [3.05, 3.63) is 30.3 Å². The van der Waals surface area contributed by atoms with Crippen molar-refractivity contribution in [1.82, 2.24) is 10.6 Å². The lowest BCUT2D eigenvalue weighted by molar-refractivity contribution is -0.123. The summed E-state index contributed by atoms with van der Waals surface area (Å²) in [5.74, 6) is 0.586. The average Bonchev–Trinajstić information content (AvgIpc) is 2.50. The molecule has 2 N–H and O–H groups in total. The lowest BCUT2D eigenvalue weighted by Gasteiger charge is -2.21. The Morgan fingerprint density at radius 2 is 1.91 bits per heavy atom. The molecule has 0 heterocycles. The first-order valence-electron chi connectivity index (χ1n) is 7.43. The van der Waals surface area contributed by atoms with Crippen molar-refractivity contribution in [3.63, 3.8) is 0 Å². The van der Waals surface area contributed by atoms with E-state index in [1.807, 2.05) is 44.2 Å². The molecular weight excluding hydrogens is 300 g/mol. The van der Waals surface area contributed by atoms with Crippen LogP contribution in [0.4, 0.5) is 4.79 Å². The van der Waals surface area contributed by atoms with Gasteiger partial charge in [-0.2, -0.15) is 0 Å². The minimum Gasteiger partial charge on any atom is -0.450 e. The van der Waals surface area contributed by atoms with Crippen LogP contribution in [0.1, 0.15) is 20.8 Å². The molecule has 0 aliphatic heterocycles. The molecular formula is C16H24N2O3S. The zero-order valence-electron chi connectivity index (χ0n) is 13.3. The van der Waals surface area contributed by atoms with E-state index in [2.05, 4.69) is 10.6 Å². The van der Waals surface area contributed by atoms with Gasteiger partial charge in [-0.3, -0.25) is 4.79 Å². The molecule has 1 aromatic rings. The van der Waals surface area contributed by atoms with Crippen LogP contribution in [0.2, 0.25) is 0 Å². The van der Waals surface area contributed by atoms with Gasteiger partial charge in [-0.1, -0.05) is 32.0 Å². The number of ether oxygens (including phenoxy) is 1. The Kier molecular flexibility index (Phi) is 8.43. The van der Waals surface area contributed by atoms with Crippen molar-refractivity contribution in [2.24, 2.45) is 5.92 Å². The van der Waals surface area contributed by atoms with Gasteiger partial charge in [-0.15, -0.1) is 11.8 Å². The molecule has 1 rings (SSSR count). The van der Waals surface area contributed by atoms with E-state index in [0.717, 1.165) is 5.75 Å². The standard InChI is InChI=1S/C16H24N2O3S/c1-4-21-16(20)18-14(12(2)3)15(19)17-10-11-22-13-8-6-5-7-9-13/h5-9,12,14H,4,10-11H2,1-3H3,(H,17,19)(H,18,20)/t14-/m1/s1. The first-order chi connectivity index (χ1) is 10.5. The SMILES string of the molecule is CCOC(=O)N[C@@H](C(=O)NCCSc1ccccc1)C(C)C. The topological polar surface area (TPSA) is 67.4 Å². The number of thioether (sulfide) groups is 1. The molecule has 5 nitrogen and oxygen atoms in total. The number of alkyl carbamates (subject to hydrolysis) is 1. The van der Waals surface area contributed by atoms with Gasteiger partial charge in [0, 0.05) is 17.2 Å². The summed E-state index contributed by atoms with van der Waals surface area (Å²) in [5, 5.41) is 5.45.